The lowest BCUT2D eigenvalue weighted by molar-refractivity contribution is -0.123. The second-order valence-corrected chi connectivity index (χ2v) is 5.62. The van der Waals surface area contributed by atoms with E-state index in [0.29, 0.717) is 10.8 Å². The lowest BCUT2D eigenvalue weighted by Gasteiger charge is -2.18. The summed E-state index contributed by atoms with van der Waals surface area (Å²) in [4.78, 5) is 12.0. The predicted molar refractivity (Wildman–Crippen MR) is 89.3 cm³/mol. The molecule has 22 heavy (non-hydrogen) atoms. The highest BCUT2D eigenvalue weighted by atomic mass is 35.5. The van der Waals surface area contributed by atoms with E-state index in [1.165, 1.54) is 5.56 Å². The molecule has 0 aliphatic rings. The molecule has 116 valence electrons. The number of benzene rings is 2. The van der Waals surface area contributed by atoms with Gasteiger partial charge in [0.2, 0.25) is 0 Å². The Balaban J connectivity index is 1.89. The van der Waals surface area contributed by atoms with Gasteiger partial charge < -0.3 is 10.1 Å². The van der Waals surface area contributed by atoms with E-state index in [4.69, 9.17) is 16.3 Å². The zero-order valence-electron chi connectivity index (χ0n) is 12.8. The van der Waals surface area contributed by atoms with Crippen LogP contribution in [0.5, 0.6) is 5.75 Å². The second-order valence-electron chi connectivity index (χ2n) is 5.18. The summed E-state index contributed by atoms with van der Waals surface area (Å²) in [5.74, 6) is 0.491. The molecule has 0 aromatic heterocycles. The molecule has 0 aliphatic carbocycles. The summed E-state index contributed by atoms with van der Waals surface area (Å²) in [6, 6.07) is 15.1. The molecular weight excluding hydrogens is 298 g/mol. The summed E-state index contributed by atoms with van der Waals surface area (Å²) in [6.45, 7) is 4.08. The van der Waals surface area contributed by atoms with Gasteiger partial charge in [0.25, 0.3) is 5.91 Å². The Labute approximate surface area is 136 Å². The summed E-state index contributed by atoms with van der Waals surface area (Å²) in [6.07, 6.45) is 0.829. The Bertz CT molecular complexity index is 608. The van der Waals surface area contributed by atoms with Crippen LogP contribution in [0.4, 0.5) is 0 Å². The molecule has 2 aromatic carbocycles. The van der Waals surface area contributed by atoms with Crippen LogP contribution in [0.15, 0.2) is 48.5 Å². The zero-order valence-corrected chi connectivity index (χ0v) is 13.6. The van der Waals surface area contributed by atoms with Crippen LogP contribution in [0.2, 0.25) is 5.02 Å². The molecule has 2 aromatic rings. The standard InChI is InChI=1S/C18H20ClNO2/c1-3-17(14-6-4-13(2)5-7-14)20-18(21)12-22-16-10-8-15(19)9-11-16/h4-11,17H,3,12H2,1-2H3,(H,20,21). The van der Waals surface area contributed by atoms with Crippen LogP contribution in [0.1, 0.15) is 30.5 Å². The fourth-order valence-corrected chi connectivity index (χ4v) is 2.26. The molecule has 1 atom stereocenters. The van der Waals surface area contributed by atoms with Gasteiger partial charge in [-0.15, -0.1) is 0 Å². The molecule has 0 heterocycles. The minimum Gasteiger partial charge on any atom is -0.484 e. The molecule has 0 fully saturated rings. The molecule has 0 saturated carbocycles. The summed E-state index contributed by atoms with van der Waals surface area (Å²) < 4.78 is 5.45. The summed E-state index contributed by atoms with van der Waals surface area (Å²) >= 11 is 5.81. The molecule has 1 amide bonds. The lowest BCUT2D eigenvalue weighted by atomic mass is 10.0. The van der Waals surface area contributed by atoms with Crippen LogP contribution in [0.25, 0.3) is 0 Å². The number of carbonyl (C=O) groups excluding carboxylic acids is 1. The van der Waals surface area contributed by atoms with Crippen molar-refractivity contribution in [1.29, 1.82) is 0 Å². The molecule has 0 bridgehead atoms. The van der Waals surface area contributed by atoms with Crippen molar-refractivity contribution in [2.75, 3.05) is 6.61 Å². The average Bonchev–Trinajstić information content (AvgIpc) is 2.53. The van der Waals surface area contributed by atoms with Gasteiger partial charge in [-0.1, -0.05) is 48.4 Å². The largest absolute Gasteiger partial charge is 0.484 e. The van der Waals surface area contributed by atoms with E-state index in [9.17, 15) is 4.79 Å². The van der Waals surface area contributed by atoms with Gasteiger partial charge in [0, 0.05) is 5.02 Å². The second kappa shape index (κ2) is 7.85. The Morgan fingerprint density at radius 3 is 2.36 bits per heavy atom. The van der Waals surface area contributed by atoms with Gasteiger partial charge in [-0.3, -0.25) is 4.79 Å². The van der Waals surface area contributed by atoms with Crippen molar-refractivity contribution in [2.45, 2.75) is 26.3 Å². The van der Waals surface area contributed by atoms with Gasteiger partial charge in [-0.2, -0.15) is 0 Å². The highest BCUT2D eigenvalue weighted by molar-refractivity contribution is 6.30. The van der Waals surface area contributed by atoms with E-state index < -0.39 is 0 Å². The van der Waals surface area contributed by atoms with Crippen molar-refractivity contribution >= 4 is 17.5 Å². The predicted octanol–water partition coefficient (Wildman–Crippen LogP) is 4.29. The maximum atomic E-state index is 12.0. The Hall–Kier alpha value is -2.00. The maximum absolute atomic E-state index is 12.0. The molecule has 1 N–H and O–H groups in total. The Morgan fingerprint density at radius 1 is 1.14 bits per heavy atom. The van der Waals surface area contributed by atoms with Gasteiger partial charge >= 0.3 is 0 Å². The molecule has 2 rings (SSSR count). The molecule has 3 nitrogen and oxygen atoms in total. The van der Waals surface area contributed by atoms with Crippen LogP contribution < -0.4 is 10.1 Å². The summed E-state index contributed by atoms with van der Waals surface area (Å²) in [5.41, 5.74) is 2.31. The number of carbonyl (C=O) groups is 1. The van der Waals surface area contributed by atoms with Crippen molar-refractivity contribution in [1.82, 2.24) is 5.32 Å². The van der Waals surface area contributed by atoms with Crippen LogP contribution >= 0.6 is 11.6 Å². The van der Waals surface area contributed by atoms with Gasteiger partial charge in [0.05, 0.1) is 6.04 Å². The van der Waals surface area contributed by atoms with Gasteiger partial charge in [-0.05, 0) is 43.2 Å². The maximum Gasteiger partial charge on any atom is 0.258 e. The van der Waals surface area contributed by atoms with E-state index in [2.05, 4.69) is 5.32 Å². The topological polar surface area (TPSA) is 38.3 Å². The number of aryl methyl sites for hydroxylation is 1. The zero-order chi connectivity index (χ0) is 15.9. The van der Waals surface area contributed by atoms with Gasteiger partial charge in [0.15, 0.2) is 6.61 Å². The van der Waals surface area contributed by atoms with Crippen molar-refractivity contribution in [3.8, 4) is 5.75 Å². The number of amides is 1. The van der Waals surface area contributed by atoms with E-state index in [-0.39, 0.29) is 18.6 Å². The molecule has 0 aliphatic heterocycles. The van der Waals surface area contributed by atoms with Crippen LogP contribution in [0, 0.1) is 6.92 Å². The summed E-state index contributed by atoms with van der Waals surface area (Å²) in [7, 11) is 0. The van der Waals surface area contributed by atoms with Crippen molar-refractivity contribution in [2.24, 2.45) is 0 Å². The first-order valence-electron chi connectivity index (χ1n) is 7.32. The fraction of sp³-hybridized carbons (Fsp3) is 0.278. The van der Waals surface area contributed by atoms with Crippen molar-refractivity contribution in [3.05, 3.63) is 64.7 Å². The quantitative estimate of drug-likeness (QED) is 0.863. The van der Waals surface area contributed by atoms with E-state index in [1.54, 1.807) is 24.3 Å². The fourth-order valence-electron chi connectivity index (χ4n) is 2.14. The van der Waals surface area contributed by atoms with E-state index in [1.807, 2.05) is 38.1 Å². The third kappa shape index (κ3) is 4.78. The third-order valence-electron chi connectivity index (χ3n) is 3.41. The van der Waals surface area contributed by atoms with Crippen molar-refractivity contribution in [3.63, 3.8) is 0 Å². The highest BCUT2D eigenvalue weighted by Crippen LogP contribution is 2.18. The molecule has 0 spiro atoms. The first kappa shape index (κ1) is 16.4. The average molecular weight is 318 g/mol. The number of nitrogens with one attached hydrogen (secondary N) is 1. The van der Waals surface area contributed by atoms with E-state index >= 15 is 0 Å². The minimum absolute atomic E-state index is 0.00178. The number of hydrogen-bond donors (Lipinski definition) is 1. The normalized spacial score (nSPS) is 11.8. The first-order chi connectivity index (χ1) is 10.6. The molecule has 4 heteroatoms. The molecule has 1 unspecified atom stereocenters. The number of halogens is 1. The third-order valence-corrected chi connectivity index (χ3v) is 3.66. The molecule has 0 saturated heterocycles. The highest BCUT2D eigenvalue weighted by Gasteiger charge is 2.13. The monoisotopic (exact) mass is 317 g/mol. The number of rotatable bonds is 6. The van der Waals surface area contributed by atoms with Gasteiger partial charge in [0.1, 0.15) is 5.75 Å². The first-order valence-corrected chi connectivity index (χ1v) is 7.70. The van der Waals surface area contributed by atoms with Crippen LogP contribution in [-0.4, -0.2) is 12.5 Å². The molecular formula is C18H20ClNO2. The lowest BCUT2D eigenvalue weighted by Crippen LogP contribution is -2.32. The summed E-state index contributed by atoms with van der Waals surface area (Å²) in [5, 5.41) is 3.64. The Kier molecular flexibility index (Phi) is 5.84. The van der Waals surface area contributed by atoms with Gasteiger partial charge in [-0.25, -0.2) is 0 Å². The Morgan fingerprint density at radius 2 is 1.77 bits per heavy atom. The number of ether oxygens (including phenoxy) is 1. The van der Waals surface area contributed by atoms with Crippen LogP contribution in [-0.2, 0) is 4.79 Å². The smallest absolute Gasteiger partial charge is 0.258 e. The van der Waals surface area contributed by atoms with Crippen molar-refractivity contribution < 1.29 is 9.53 Å². The van der Waals surface area contributed by atoms with E-state index in [0.717, 1.165) is 12.0 Å². The number of hydrogen-bond acceptors (Lipinski definition) is 2. The molecule has 0 radical (unpaired) electrons. The SMILES string of the molecule is CCC(NC(=O)COc1ccc(Cl)cc1)c1ccc(C)cc1. The van der Waals surface area contributed by atoms with Crippen LogP contribution in [0.3, 0.4) is 0 Å². The minimum atomic E-state index is -0.137.